The molecule has 3 aromatic rings. The molecule has 0 aliphatic rings. The molecule has 3 rings (SSSR count). The van der Waals surface area contributed by atoms with E-state index in [1.54, 1.807) is 30.3 Å². The molecule has 0 N–H and O–H groups in total. The molecular weight excluding hydrogens is 347 g/mol. The number of ether oxygens (including phenoxy) is 1. The van der Waals surface area contributed by atoms with Crippen LogP contribution in [-0.4, -0.2) is 27.2 Å². The van der Waals surface area contributed by atoms with Crippen LogP contribution in [-0.2, 0) is 10.9 Å². The van der Waals surface area contributed by atoms with E-state index in [0.717, 1.165) is 12.5 Å². The summed E-state index contributed by atoms with van der Waals surface area (Å²) in [5.74, 6) is -0.765. The molecule has 2 heterocycles. The molecule has 1 aromatic carbocycles. The number of fused-ring (bicyclic) bond motifs is 1. The molecule has 0 fully saturated rings. The first-order chi connectivity index (χ1) is 12.4. The Morgan fingerprint density at radius 3 is 2.58 bits per heavy atom. The number of esters is 1. The van der Waals surface area contributed by atoms with Gasteiger partial charge in [-0.15, -0.1) is 0 Å². The molecule has 0 bridgehead atoms. The number of hydrogen-bond donors (Lipinski definition) is 0. The Hall–Kier alpha value is -2.90. The van der Waals surface area contributed by atoms with E-state index in [2.05, 4.69) is 10.1 Å². The van der Waals surface area contributed by atoms with Crippen molar-refractivity contribution in [3.05, 3.63) is 53.9 Å². The third-order valence-electron chi connectivity index (χ3n) is 3.73. The third-order valence-corrected chi connectivity index (χ3v) is 3.73. The summed E-state index contributed by atoms with van der Waals surface area (Å²) in [5.41, 5.74) is -0.593. The number of benzene rings is 1. The van der Waals surface area contributed by atoms with Crippen LogP contribution < -0.4 is 0 Å². The molecular formula is C18H16F3N3O2. The number of rotatable bonds is 5. The van der Waals surface area contributed by atoms with Gasteiger partial charge in [-0.25, -0.2) is 14.3 Å². The number of halogens is 3. The molecule has 0 radical (unpaired) electrons. The number of nitrogens with zero attached hydrogens (tertiary/aromatic N) is 3. The molecule has 5 nitrogen and oxygen atoms in total. The minimum absolute atomic E-state index is 0.0684. The molecule has 0 atom stereocenters. The molecule has 0 saturated heterocycles. The summed E-state index contributed by atoms with van der Waals surface area (Å²) in [6.45, 7) is 2.13. The molecule has 8 heteroatoms. The SMILES string of the molecule is CCCCOC(=O)c1cc2nc(-c3ccccc3)cc(C(F)(F)F)n2n1. The van der Waals surface area contributed by atoms with Crippen LogP contribution in [0.15, 0.2) is 42.5 Å². The van der Waals surface area contributed by atoms with Crippen molar-refractivity contribution in [2.45, 2.75) is 25.9 Å². The summed E-state index contributed by atoms with van der Waals surface area (Å²) in [4.78, 5) is 16.2. The number of aromatic nitrogens is 3. The van der Waals surface area contributed by atoms with Gasteiger partial charge in [-0.3, -0.25) is 0 Å². The van der Waals surface area contributed by atoms with E-state index < -0.39 is 17.8 Å². The van der Waals surface area contributed by atoms with Crippen LogP contribution in [0.2, 0.25) is 0 Å². The second kappa shape index (κ2) is 7.15. The zero-order chi connectivity index (χ0) is 18.7. The maximum atomic E-state index is 13.5. The fourth-order valence-electron chi connectivity index (χ4n) is 2.42. The standard InChI is InChI=1S/C18H16F3N3O2/c1-2-3-9-26-17(25)14-11-16-22-13(12-7-5-4-6-8-12)10-15(18(19,20)21)24(16)23-14/h4-8,10-11H,2-3,9H2,1H3. The molecule has 26 heavy (non-hydrogen) atoms. The van der Waals surface area contributed by atoms with Gasteiger partial charge in [-0.1, -0.05) is 43.7 Å². The van der Waals surface area contributed by atoms with E-state index in [0.29, 0.717) is 16.5 Å². The minimum Gasteiger partial charge on any atom is -0.461 e. The van der Waals surface area contributed by atoms with E-state index >= 15 is 0 Å². The third kappa shape index (κ3) is 3.68. The first-order valence-corrected chi connectivity index (χ1v) is 8.10. The van der Waals surface area contributed by atoms with E-state index in [-0.39, 0.29) is 23.6 Å². The van der Waals surface area contributed by atoms with Crippen molar-refractivity contribution in [1.82, 2.24) is 14.6 Å². The smallest absolute Gasteiger partial charge is 0.433 e. The Labute approximate surface area is 147 Å². The topological polar surface area (TPSA) is 56.5 Å². The first kappa shape index (κ1) is 17.9. The van der Waals surface area contributed by atoms with Crippen molar-refractivity contribution < 1.29 is 22.7 Å². The lowest BCUT2D eigenvalue weighted by Gasteiger charge is -2.10. The van der Waals surface area contributed by atoms with Gasteiger partial charge in [0.15, 0.2) is 17.0 Å². The van der Waals surface area contributed by atoms with Crippen molar-refractivity contribution in [2.75, 3.05) is 6.61 Å². The second-order valence-electron chi connectivity index (χ2n) is 5.68. The number of carbonyl (C=O) groups excluding carboxylic acids is 1. The molecule has 0 amide bonds. The Bertz CT molecular complexity index is 921. The lowest BCUT2D eigenvalue weighted by Crippen LogP contribution is -2.14. The number of unbranched alkanes of at least 4 members (excludes halogenated alkanes) is 1. The number of hydrogen-bond acceptors (Lipinski definition) is 4. The molecule has 0 aliphatic carbocycles. The quantitative estimate of drug-likeness (QED) is 0.499. The van der Waals surface area contributed by atoms with Crippen LogP contribution in [0.4, 0.5) is 13.2 Å². The predicted octanol–water partition coefficient (Wildman–Crippen LogP) is 4.37. The summed E-state index contributed by atoms with van der Waals surface area (Å²) in [5, 5.41) is 3.75. The van der Waals surface area contributed by atoms with Crippen LogP contribution in [0.3, 0.4) is 0 Å². The maximum absolute atomic E-state index is 13.5. The fourth-order valence-corrected chi connectivity index (χ4v) is 2.42. The Morgan fingerprint density at radius 2 is 1.92 bits per heavy atom. The molecule has 2 aromatic heterocycles. The van der Waals surface area contributed by atoms with E-state index in [4.69, 9.17) is 4.74 Å². The van der Waals surface area contributed by atoms with Gasteiger partial charge in [0.2, 0.25) is 0 Å². The highest BCUT2D eigenvalue weighted by Gasteiger charge is 2.35. The first-order valence-electron chi connectivity index (χ1n) is 8.10. The Balaban J connectivity index is 2.07. The zero-order valence-electron chi connectivity index (χ0n) is 14.0. The summed E-state index contributed by atoms with van der Waals surface area (Å²) in [6, 6.07) is 10.6. The van der Waals surface area contributed by atoms with Gasteiger partial charge in [-0.05, 0) is 12.5 Å². The second-order valence-corrected chi connectivity index (χ2v) is 5.68. The van der Waals surface area contributed by atoms with Crippen LogP contribution in [0.25, 0.3) is 16.9 Å². The molecule has 0 unspecified atom stereocenters. The average Bonchev–Trinajstić information content (AvgIpc) is 3.05. The Kier molecular flexibility index (Phi) is 4.92. The van der Waals surface area contributed by atoms with Gasteiger partial charge in [0.05, 0.1) is 12.3 Å². The van der Waals surface area contributed by atoms with Crippen LogP contribution in [0.5, 0.6) is 0 Å². The van der Waals surface area contributed by atoms with E-state index in [1.807, 2.05) is 6.92 Å². The summed E-state index contributed by atoms with van der Waals surface area (Å²) < 4.78 is 46.0. The molecule has 0 spiro atoms. The zero-order valence-corrected chi connectivity index (χ0v) is 14.0. The Morgan fingerprint density at radius 1 is 1.19 bits per heavy atom. The van der Waals surface area contributed by atoms with Crippen LogP contribution in [0.1, 0.15) is 35.9 Å². The van der Waals surface area contributed by atoms with Crippen LogP contribution >= 0.6 is 0 Å². The van der Waals surface area contributed by atoms with Crippen molar-refractivity contribution in [3.8, 4) is 11.3 Å². The highest BCUT2D eigenvalue weighted by atomic mass is 19.4. The summed E-state index contributed by atoms with van der Waals surface area (Å²) in [6.07, 6.45) is -3.15. The van der Waals surface area contributed by atoms with Gasteiger partial charge < -0.3 is 4.74 Å². The van der Waals surface area contributed by atoms with Crippen molar-refractivity contribution in [1.29, 1.82) is 0 Å². The van der Waals surface area contributed by atoms with Gasteiger partial charge in [0.25, 0.3) is 0 Å². The van der Waals surface area contributed by atoms with Gasteiger partial charge in [0.1, 0.15) is 0 Å². The average molecular weight is 363 g/mol. The van der Waals surface area contributed by atoms with E-state index in [9.17, 15) is 18.0 Å². The van der Waals surface area contributed by atoms with E-state index in [1.165, 1.54) is 6.07 Å². The normalized spacial score (nSPS) is 11.7. The largest absolute Gasteiger partial charge is 0.461 e. The lowest BCUT2D eigenvalue weighted by molar-refractivity contribution is -0.142. The van der Waals surface area contributed by atoms with Gasteiger partial charge in [0, 0.05) is 11.6 Å². The highest BCUT2D eigenvalue weighted by molar-refractivity contribution is 5.88. The molecule has 0 saturated carbocycles. The summed E-state index contributed by atoms with van der Waals surface area (Å²) >= 11 is 0. The van der Waals surface area contributed by atoms with Crippen molar-refractivity contribution in [3.63, 3.8) is 0 Å². The highest BCUT2D eigenvalue weighted by Crippen LogP contribution is 2.32. The minimum atomic E-state index is -4.65. The predicted molar refractivity (Wildman–Crippen MR) is 88.6 cm³/mol. The fraction of sp³-hybridized carbons (Fsp3) is 0.278. The summed E-state index contributed by atoms with van der Waals surface area (Å²) in [7, 11) is 0. The number of alkyl halides is 3. The lowest BCUT2D eigenvalue weighted by atomic mass is 10.1. The van der Waals surface area contributed by atoms with Crippen molar-refractivity contribution >= 4 is 11.6 Å². The van der Waals surface area contributed by atoms with Crippen LogP contribution in [0, 0.1) is 0 Å². The van der Waals surface area contributed by atoms with Crippen molar-refractivity contribution in [2.24, 2.45) is 0 Å². The molecule has 136 valence electrons. The van der Waals surface area contributed by atoms with Gasteiger partial charge >= 0.3 is 12.1 Å². The molecule has 0 aliphatic heterocycles. The number of carbonyl (C=O) groups is 1. The maximum Gasteiger partial charge on any atom is 0.433 e. The van der Waals surface area contributed by atoms with Gasteiger partial charge in [-0.2, -0.15) is 18.3 Å². The monoisotopic (exact) mass is 363 g/mol.